The molecule has 0 spiro atoms. The first-order chi connectivity index (χ1) is 14.2. The molecule has 0 atom stereocenters. The average Bonchev–Trinajstić information content (AvgIpc) is 2.71. The van der Waals surface area contributed by atoms with E-state index in [1.165, 1.54) is 4.57 Å². The van der Waals surface area contributed by atoms with Crippen molar-refractivity contribution in [1.82, 2.24) is 4.57 Å². The van der Waals surface area contributed by atoms with E-state index in [0.717, 1.165) is 18.2 Å². The monoisotopic (exact) mass is 415 g/mol. The number of aryl methyl sites for hydroxylation is 1. The quantitative estimate of drug-likeness (QED) is 0.397. The number of rotatable bonds is 7. The van der Waals surface area contributed by atoms with Gasteiger partial charge in [0.05, 0.1) is 16.6 Å². The smallest absolute Gasteiger partial charge is 0.341 e. The van der Waals surface area contributed by atoms with Crippen LogP contribution in [-0.2, 0) is 6.42 Å². The van der Waals surface area contributed by atoms with Gasteiger partial charge in [0.2, 0.25) is 5.43 Å². The number of aromatic carboxylic acids is 1. The maximum atomic E-state index is 15.3. The van der Waals surface area contributed by atoms with E-state index >= 15 is 4.39 Å². The molecule has 0 aliphatic carbocycles. The van der Waals surface area contributed by atoms with Gasteiger partial charge >= 0.3 is 5.97 Å². The number of nitrogen functional groups attached to an aromatic ring is 1. The minimum atomic E-state index is -1.49. The van der Waals surface area contributed by atoms with E-state index in [2.05, 4.69) is 5.32 Å². The summed E-state index contributed by atoms with van der Waals surface area (Å²) in [6.07, 6.45) is 2.41. The van der Waals surface area contributed by atoms with E-state index in [0.29, 0.717) is 6.42 Å². The molecule has 3 aromatic rings. The standard InChI is InChI=1S/C22H23F2N3O3/c1-12(2)27-11-14(22(29)30)21(28)15-18(25)16(23)19(17(24)20(15)27)26-10-6-9-13-7-4-3-5-8-13/h3-5,7-8,11-12,26H,6,9-10,25H2,1-2H3,(H,29,30). The zero-order valence-corrected chi connectivity index (χ0v) is 16.7. The Bertz CT molecular complexity index is 1160. The van der Waals surface area contributed by atoms with E-state index in [4.69, 9.17) is 5.73 Å². The fourth-order valence-electron chi connectivity index (χ4n) is 3.43. The number of carboxylic acids is 1. The molecule has 0 saturated carbocycles. The van der Waals surface area contributed by atoms with Gasteiger partial charge in [-0.25, -0.2) is 13.6 Å². The molecule has 6 nitrogen and oxygen atoms in total. The highest BCUT2D eigenvalue weighted by Crippen LogP contribution is 2.34. The van der Waals surface area contributed by atoms with Crippen LogP contribution in [0.4, 0.5) is 20.2 Å². The summed E-state index contributed by atoms with van der Waals surface area (Å²) >= 11 is 0. The summed E-state index contributed by atoms with van der Waals surface area (Å²) in [7, 11) is 0. The van der Waals surface area contributed by atoms with Crippen molar-refractivity contribution in [3.8, 4) is 0 Å². The molecule has 3 rings (SSSR count). The van der Waals surface area contributed by atoms with Gasteiger partial charge in [0.1, 0.15) is 11.3 Å². The lowest BCUT2D eigenvalue weighted by atomic mass is 10.1. The molecular formula is C22H23F2N3O3. The summed E-state index contributed by atoms with van der Waals surface area (Å²) in [5.74, 6) is -3.56. The number of fused-ring (bicyclic) bond motifs is 1. The zero-order chi connectivity index (χ0) is 22.0. The van der Waals surface area contributed by atoms with E-state index in [-0.39, 0.29) is 12.1 Å². The number of aromatic nitrogens is 1. The van der Waals surface area contributed by atoms with Crippen molar-refractivity contribution in [2.24, 2.45) is 0 Å². The zero-order valence-electron chi connectivity index (χ0n) is 16.7. The molecule has 4 N–H and O–H groups in total. The number of nitrogens with one attached hydrogen (secondary N) is 1. The molecule has 158 valence electrons. The number of nitrogens with two attached hydrogens (primary N) is 1. The third-order valence-electron chi connectivity index (χ3n) is 4.96. The van der Waals surface area contributed by atoms with E-state index in [1.807, 2.05) is 30.3 Å². The Morgan fingerprint density at radius 1 is 1.20 bits per heavy atom. The Labute approximate surface area is 171 Å². The molecular weight excluding hydrogens is 392 g/mol. The van der Waals surface area contributed by atoms with Gasteiger partial charge in [-0.1, -0.05) is 30.3 Å². The molecule has 0 radical (unpaired) electrons. The predicted molar refractivity (Wildman–Crippen MR) is 113 cm³/mol. The minimum absolute atomic E-state index is 0.218. The number of nitrogens with zero attached hydrogens (tertiary/aromatic N) is 1. The van der Waals surface area contributed by atoms with Crippen LogP contribution < -0.4 is 16.5 Å². The molecule has 30 heavy (non-hydrogen) atoms. The number of anilines is 2. The largest absolute Gasteiger partial charge is 0.477 e. The van der Waals surface area contributed by atoms with Gasteiger partial charge < -0.3 is 20.7 Å². The van der Waals surface area contributed by atoms with Crippen LogP contribution >= 0.6 is 0 Å². The highest BCUT2D eigenvalue weighted by Gasteiger charge is 2.26. The summed E-state index contributed by atoms with van der Waals surface area (Å²) in [4.78, 5) is 24.0. The summed E-state index contributed by atoms with van der Waals surface area (Å²) in [6, 6.07) is 9.30. The normalized spacial score (nSPS) is 11.2. The van der Waals surface area contributed by atoms with Gasteiger partial charge in [0.25, 0.3) is 0 Å². The molecule has 0 fully saturated rings. The fourth-order valence-corrected chi connectivity index (χ4v) is 3.43. The Balaban J connectivity index is 2.04. The molecule has 0 aliphatic rings. The third-order valence-corrected chi connectivity index (χ3v) is 4.96. The number of halogens is 2. The Hall–Kier alpha value is -3.42. The van der Waals surface area contributed by atoms with Crippen molar-refractivity contribution in [2.75, 3.05) is 17.6 Å². The fraction of sp³-hybridized carbons (Fsp3) is 0.273. The number of carboxylic acid groups (broad SMARTS) is 1. The van der Waals surface area contributed by atoms with Crippen LogP contribution in [0.5, 0.6) is 0 Å². The van der Waals surface area contributed by atoms with Crippen LogP contribution in [0.25, 0.3) is 10.9 Å². The molecule has 0 unspecified atom stereocenters. The second-order valence-electron chi connectivity index (χ2n) is 7.33. The number of hydrogen-bond donors (Lipinski definition) is 3. The van der Waals surface area contributed by atoms with Crippen LogP contribution in [-0.4, -0.2) is 22.2 Å². The van der Waals surface area contributed by atoms with Gasteiger partial charge in [-0.15, -0.1) is 0 Å². The van der Waals surface area contributed by atoms with Gasteiger partial charge in [-0.3, -0.25) is 4.79 Å². The summed E-state index contributed by atoms with van der Waals surface area (Å²) in [6.45, 7) is 3.68. The van der Waals surface area contributed by atoms with Gasteiger partial charge in [-0.05, 0) is 32.3 Å². The SMILES string of the molecule is CC(C)n1cc(C(=O)O)c(=O)c2c(N)c(F)c(NCCCc3ccccc3)c(F)c21. The lowest BCUT2D eigenvalue weighted by Crippen LogP contribution is -2.23. The van der Waals surface area contributed by atoms with Gasteiger partial charge in [-0.2, -0.15) is 0 Å². The van der Waals surface area contributed by atoms with E-state index in [1.54, 1.807) is 13.8 Å². The molecule has 1 aromatic heterocycles. The van der Waals surface area contributed by atoms with Crippen molar-refractivity contribution >= 4 is 28.2 Å². The number of benzene rings is 2. The Kier molecular flexibility index (Phi) is 6.05. The first-order valence-electron chi connectivity index (χ1n) is 9.60. The van der Waals surface area contributed by atoms with Crippen molar-refractivity contribution < 1.29 is 18.7 Å². The first-order valence-corrected chi connectivity index (χ1v) is 9.60. The number of hydrogen-bond acceptors (Lipinski definition) is 4. The van der Waals surface area contributed by atoms with Crippen molar-refractivity contribution in [3.63, 3.8) is 0 Å². The molecule has 2 aromatic carbocycles. The van der Waals surface area contributed by atoms with Crippen LogP contribution in [0, 0.1) is 11.6 Å². The Morgan fingerprint density at radius 2 is 1.87 bits per heavy atom. The lowest BCUT2D eigenvalue weighted by molar-refractivity contribution is 0.0694. The predicted octanol–water partition coefficient (Wildman–Crippen LogP) is 4.19. The summed E-state index contributed by atoms with van der Waals surface area (Å²) in [5.41, 5.74) is 4.12. The summed E-state index contributed by atoms with van der Waals surface area (Å²) in [5, 5.41) is 11.6. The number of carbonyl (C=O) groups is 1. The maximum Gasteiger partial charge on any atom is 0.341 e. The van der Waals surface area contributed by atoms with Crippen molar-refractivity contribution in [1.29, 1.82) is 0 Å². The molecule has 0 amide bonds. The van der Waals surface area contributed by atoms with Crippen LogP contribution in [0.15, 0.2) is 41.3 Å². The van der Waals surface area contributed by atoms with Crippen LogP contribution in [0.3, 0.4) is 0 Å². The molecule has 0 saturated heterocycles. The number of pyridine rings is 1. The van der Waals surface area contributed by atoms with E-state index in [9.17, 15) is 19.1 Å². The van der Waals surface area contributed by atoms with Crippen molar-refractivity contribution in [3.05, 3.63) is 69.5 Å². The first kappa shape index (κ1) is 21.3. The second-order valence-corrected chi connectivity index (χ2v) is 7.33. The summed E-state index contributed by atoms with van der Waals surface area (Å²) < 4.78 is 31.5. The average molecular weight is 415 g/mol. The van der Waals surface area contributed by atoms with Crippen LogP contribution in [0.1, 0.15) is 42.2 Å². The second kappa shape index (κ2) is 8.52. The van der Waals surface area contributed by atoms with Crippen molar-refractivity contribution in [2.45, 2.75) is 32.7 Å². The van der Waals surface area contributed by atoms with Gasteiger partial charge in [0, 0.05) is 18.8 Å². The molecule has 8 heteroatoms. The minimum Gasteiger partial charge on any atom is -0.477 e. The highest BCUT2D eigenvalue weighted by molar-refractivity contribution is 5.99. The topological polar surface area (TPSA) is 97.4 Å². The molecule has 1 heterocycles. The van der Waals surface area contributed by atoms with Gasteiger partial charge in [0.15, 0.2) is 11.6 Å². The molecule has 0 bridgehead atoms. The van der Waals surface area contributed by atoms with E-state index < -0.39 is 51.4 Å². The highest BCUT2D eigenvalue weighted by atomic mass is 19.1. The third kappa shape index (κ3) is 3.85. The maximum absolute atomic E-state index is 15.3. The Morgan fingerprint density at radius 3 is 2.47 bits per heavy atom. The molecule has 0 aliphatic heterocycles. The lowest BCUT2D eigenvalue weighted by Gasteiger charge is -2.20. The van der Waals surface area contributed by atoms with Crippen LogP contribution in [0.2, 0.25) is 0 Å².